The molecule has 0 bridgehead atoms. The molecule has 0 aliphatic heterocycles. The Balaban J connectivity index is 1.54. The van der Waals surface area contributed by atoms with E-state index in [2.05, 4.69) is 5.32 Å². The molecule has 0 fully saturated rings. The lowest BCUT2D eigenvalue weighted by Crippen LogP contribution is -2.24. The number of ether oxygens (including phenoxy) is 1. The minimum atomic E-state index is -0.655. The average Bonchev–Trinajstić information content (AvgIpc) is 2.77. The Hall–Kier alpha value is -4.00. The van der Waals surface area contributed by atoms with E-state index in [1.807, 2.05) is 0 Å². The van der Waals surface area contributed by atoms with Crippen LogP contribution in [0.5, 0.6) is 0 Å². The second-order valence-corrected chi connectivity index (χ2v) is 6.64. The first-order chi connectivity index (χ1) is 14.5. The zero-order valence-electron chi connectivity index (χ0n) is 15.8. The van der Waals surface area contributed by atoms with Crippen molar-refractivity contribution in [3.8, 4) is 0 Å². The molecule has 1 N–H and O–H groups in total. The lowest BCUT2D eigenvalue weighted by Gasteiger charge is -2.14. The van der Waals surface area contributed by atoms with E-state index in [1.165, 1.54) is 18.2 Å². The summed E-state index contributed by atoms with van der Waals surface area (Å²) in [7, 11) is 0. The molecule has 1 heterocycles. The second-order valence-electron chi connectivity index (χ2n) is 6.64. The number of rotatable bonds is 5. The van der Waals surface area contributed by atoms with Crippen LogP contribution in [-0.4, -0.2) is 23.1 Å². The summed E-state index contributed by atoms with van der Waals surface area (Å²) in [6.07, 6.45) is 0. The first kappa shape index (κ1) is 19.3. The van der Waals surface area contributed by atoms with Crippen molar-refractivity contribution in [1.82, 2.24) is 4.57 Å². The second kappa shape index (κ2) is 8.16. The summed E-state index contributed by atoms with van der Waals surface area (Å²) in [5.41, 5.74) is 1.08. The molecule has 0 spiro atoms. The van der Waals surface area contributed by atoms with Crippen molar-refractivity contribution in [3.63, 3.8) is 0 Å². The molecular formula is C23H17FN2O4. The van der Waals surface area contributed by atoms with Crippen LogP contribution >= 0.6 is 0 Å². The van der Waals surface area contributed by atoms with E-state index < -0.39 is 24.3 Å². The number of amides is 1. The third-order valence-electron chi connectivity index (χ3n) is 4.68. The van der Waals surface area contributed by atoms with Gasteiger partial charge in [-0.05, 0) is 36.4 Å². The number of nitrogens with zero attached hydrogens (tertiary/aromatic N) is 1. The molecule has 0 atom stereocenters. The number of hydrogen-bond acceptors (Lipinski definition) is 4. The number of esters is 1. The van der Waals surface area contributed by atoms with Crippen LogP contribution in [0, 0.1) is 5.82 Å². The standard InChI is InChI=1S/C23H17FN2O4/c24-17-9-3-4-10-18(17)25-21(27)14-30-22(28)13-26-19-11-5-1-7-15(19)23(29)16-8-2-6-12-20(16)26/h1-12H,13-14H2,(H,25,27). The van der Waals surface area contributed by atoms with Gasteiger partial charge in [0.25, 0.3) is 5.91 Å². The molecule has 3 aromatic carbocycles. The fourth-order valence-electron chi connectivity index (χ4n) is 3.32. The van der Waals surface area contributed by atoms with Crippen LogP contribution in [0.1, 0.15) is 0 Å². The highest BCUT2D eigenvalue weighted by Crippen LogP contribution is 2.19. The average molecular weight is 404 g/mol. The third kappa shape index (κ3) is 3.77. The first-order valence-electron chi connectivity index (χ1n) is 9.25. The number of carbonyl (C=O) groups excluding carboxylic acids is 2. The highest BCUT2D eigenvalue weighted by atomic mass is 19.1. The van der Waals surface area contributed by atoms with Crippen LogP contribution in [0.25, 0.3) is 21.8 Å². The largest absolute Gasteiger partial charge is 0.454 e. The SMILES string of the molecule is O=C(COC(=O)Cn1c2ccccc2c(=O)c2ccccc21)Nc1ccccc1F. The quantitative estimate of drug-likeness (QED) is 0.408. The molecule has 0 aliphatic rings. The maximum Gasteiger partial charge on any atom is 0.326 e. The van der Waals surface area contributed by atoms with Crippen LogP contribution in [0.4, 0.5) is 10.1 Å². The van der Waals surface area contributed by atoms with Crippen LogP contribution in [-0.2, 0) is 20.9 Å². The maximum atomic E-state index is 13.6. The fraction of sp³-hybridized carbons (Fsp3) is 0.0870. The predicted molar refractivity (Wildman–Crippen MR) is 112 cm³/mol. The number of nitrogens with one attached hydrogen (secondary N) is 1. The molecule has 0 saturated heterocycles. The Morgan fingerprint density at radius 1 is 0.867 bits per heavy atom. The van der Waals surface area contributed by atoms with Gasteiger partial charge < -0.3 is 14.6 Å². The third-order valence-corrected chi connectivity index (χ3v) is 4.68. The topological polar surface area (TPSA) is 77.4 Å². The van der Waals surface area contributed by atoms with E-state index in [1.54, 1.807) is 59.2 Å². The summed E-state index contributed by atoms with van der Waals surface area (Å²) in [4.78, 5) is 37.2. The van der Waals surface area contributed by atoms with Crippen LogP contribution < -0.4 is 10.7 Å². The normalized spacial score (nSPS) is 10.8. The summed E-state index contributed by atoms with van der Waals surface area (Å²) >= 11 is 0. The highest BCUT2D eigenvalue weighted by Gasteiger charge is 2.15. The number of carbonyl (C=O) groups is 2. The maximum absolute atomic E-state index is 13.6. The zero-order chi connectivity index (χ0) is 21.1. The van der Waals surface area contributed by atoms with Gasteiger partial charge in [-0.2, -0.15) is 0 Å². The Bertz CT molecular complexity index is 1270. The number of anilines is 1. The van der Waals surface area contributed by atoms with Gasteiger partial charge in [-0.3, -0.25) is 14.4 Å². The monoisotopic (exact) mass is 404 g/mol. The number of hydrogen-bond donors (Lipinski definition) is 1. The van der Waals surface area contributed by atoms with Crippen molar-refractivity contribution < 1.29 is 18.7 Å². The minimum absolute atomic E-state index is 0.0101. The lowest BCUT2D eigenvalue weighted by atomic mass is 10.1. The van der Waals surface area contributed by atoms with Crippen LogP contribution in [0.2, 0.25) is 0 Å². The van der Waals surface area contributed by atoms with Crippen molar-refractivity contribution in [1.29, 1.82) is 0 Å². The van der Waals surface area contributed by atoms with E-state index >= 15 is 0 Å². The summed E-state index contributed by atoms with van der Waals surface area (Å²) < 4.78 is 20.4. The smallest absolute Gasteiger partial charge is 0.326 e. The molecule has 7 heteroatoms. The summed E-state index contributed by atoms with van der Waals surface area (Å²) in [6.45, 7) is -0.739. The summed E-state index contributed by atoms with van der Waals surface area (Å²) in [5, 5.41) is 3.33. The van der Waals surface area contributed by atoms with Gasteiger partial charge in [-0.1, -0.05) is 36.4 Å². The Kier molecular flexibility index (Phi) is 5.26. The molecule has 1 aromatic heterocycles. The first-order valence-corrected chi connectivity index (χ1v) is 9.25. The van der Waals surface area contributed by atoms with E-state index in [-0.39, 0.29) is 17.7 Å². The molecule has 0 saturated carbocycles. The number of halogens is 1. The van der Waals surface area contributed by atoms with Crippen molar-refractivity contribution in [2.24, 2.45) is 0 Å². The number of aromatic nitrogens is 1. The van der Waals surface area contributed by atoms with E-state index in [9.17, 15) is 18.8 Å². The summed E-state index contributed by atoms with van der Waals surface area (Å²) in [5.74, 6) is -1.89. The predicted octanol–water partition coefficient (Wildman–Crippen LogP) is 3.48. The number of pyridine rings is 1. The molecule has 30 heavy (non-hydrogen) atoms. The van der Waals surface area contributed by atoms with Gasteiger partial charge >= 0.3 is 5.97 Å². The number of benzene rings is 3. The van der Waals surface area contributed by atoms with Crippen molar-refractivity contribution >= 4 is 39.4 Å². The van der Waals surface area contributed by atoms with Crippen LogP contribution in [0.3, 0.4) is 0 Å². The molecule has 4 rings (SSSR count). The Morgan fingerprint density at radius 3 is 2.07 bits per heavy atom. The highest BCUT2D eigenvalue weighted by molar-refractivity contribution is 5.95. The van der Waals surface area contributed by atoms with Crippen molar-refractivity contribution in [3.05, 3.63) is 88.8 Å². The van der Waals surface area contributed by atoms with Crippen LogP contribution in [0.15, 0.2) is 77.6 Å². The van der Waals surface area contributed by atoms with Crippen molar-refractivity contribution in [2.75, 3.05) is 11.9 Å². The molecule has 4 aromatic rings. The molecule has 150 valence electrons. The van der Waals surface area contributed by atoms with Gasteiger partial charge in [0.15, 0.2) is 12.0 Å². The Morgan fingerprint density at radius 2 is 1.43 bits per heavy atom. The number of para-hydroxylation sites is 3. The Labute approximate surface area is 170 Å². The van der Waals surface area contributed by atoms with Gasteiger partial charge in [0.2, 0.25) is 0 Å². The fourth-order valence-corrected chi connectivity index (χ4v) is 3.32. The molecule has 0 radical (unpaired) electrons. The van der Waals surface area contributed by atoms with Gasteiger partial charge in [0.05, 0.1) is 16.7 Å². The molecular weight excluding hydrogens is 387 g/mol. The molecule has 0 unspecified atom stereocenters. The number of fused-ring (bicyclic) bond motifs is 2. The lowest BCUT2D eigenvalue weighted by molar-refractivity contribution is -0.147. The van der Waals surface area contributed by atoms with Gasteiger partial charge in [-0.25, -0.2) is 4.39 Å². The molecule has 0 aliphatic carbocycles. The van der Waals surface area contributed by atoms with E-state index in [4.69, 9.17) is 4.74 Å². The van der Waals surface area contributed by atoms with E-state index in [0.29, 0.717) is 21.8 Å². The van der Waals surface area contributed by atoms with E-state index in [0.717, 1.165) is 0 Å². The zero-order valence-corrected chi connectivity index (χ0v) is 15.8. The van der Waals surface area contributed by atoms with Gasteiger partial charge in [0.1, 0.15) is 12.4 Å². The summed E-state index contributed by atoms with van der Waals surface area (Å²) in [6, 6.07) is 19.7. The van der Waals surface area contributed by atoms with Gasteiger partial charge in [0, 0.05) is 10.8 Å². The molecule has 1 amide bonds. The van der Waals surface area contributed by atoms with Gasteiger partial charge in [-0.15, -0.1) is 0 Å². The van der Waals surface area contributed by atoms with Crippen molar-refractivity contribution in [2.45, 2.75) is 6.54 Å². The minimum Gasteiger partial charge on any atom is -0.454 e. The molecule has 6 nitrogen and oxygen atoms in total.